The average molecular weight is 273 g/mol. The number of amides is 1. The van der Waals surface area contributed by atoms with Crippen molar-refractivity contribution >= 4 is 6.09 Å². The van der Waals surface area contributed by atoms with Crippen molar-refractivity contribution in [2.45, 2.75) is 43.9 Å². The lowest BCUT2D eigenvalue weighted by Crippen LogP contribution is -2.56. The van der Waals surface area contributed by atoms with Gasteiger partial charge in [0, 0.05) is 13.5 Å². The summed E-state index contributed by atoms with van der Waals surface area (Å²) in [6.45, 7) is 6.51. The van der Waals surface area contributed by atoms with Crippen molar-refractivity contribution < 1.29 is 24.1 Å². The lowest BCUT2D eigenvalue weighted by Gasteiger charge is -2.39. The summed E-state index contributed by atoms with van der Waals surface area (Å²) in [6.07, 6.45) is 0.215. The highest BCUT2D eigenvalue weighted by molar-refractivity contribution is 5.70. The van der Waals surface area contributed by atoms with E-state index in [0.717, 1.165) is 0 Å². The Balaban J connectivity index is 2.18. The molecule has 1 amide bonds. The number of methoxy groups -OCH3 is 1. The van der Waals surface area contributed by atoms with E-state index in [1.165, 1.54) is 0 Å². The minimum atomic E-state index is -0.657. The summed E-state index contributed by atoms with van der Waals surface area (Å²) in [5.41, 5.74) is -1.71. The number of rotatable bonds is 3. The zero-order valence-corrected chi connectivity index (χ0v) is 12.1. The van der Waals surface area contributed by atoms with Gasteiger partial charge in [-0.3, -0.25) is 4.90 Å². The van der Waals surface area contributed by atoms with Gasteiger partial charge in [0.05, 0.1) is 31.9 Å². The van der Waals surface area contributed by atoms with Crippen molar-refractivity contribution in [1.29, 1.82) is 0 Å². The number of hydrogen-bond donors (Lipinski definition) is 1. The Morgan fingerprint density at radius 3 is 2.68 bits per heavy atom. The van der Waals surface area contributed by atoms with Crippen LogP contribution >= 0.6 is 0 Å². The monoisotopic (exact) mass is 273 g/mol. The molecule has 1 N–H and O–H groups in total. The molecule has 0 aromatic carbocycles. The topological polar surface area (TPSA) is 68.2 Å². The van der Waals surface area contributed by atoms with Crippen molar-refractivity contribution in [1.82, 2.24) is 4.90 Å². The molecule has 2 aliphatic rings. The molecule has 2 atom stereocenters. The summed E-state index contributed by atoms with van der Waals surface area (Å²) in [4.78, 5) is 14.0. The van der Waals surface area contributed by atoms with Crippen molar-refractivity contribution in [2.75, 3.05) is 33.5 Å². The van der Waals surface area contributed by atoms with Crippen LogP contribution in [-0.4, -0.2) is 66.3 Å². The Labute approximate surface area is 113 Å². The molecule has 0 aromatic heterocycles. The smallest absolute Gasteiger partial charge is 0.411 e. The van der Waals surface area contributed by atoms with Crippen molar-refractivity contribution in [3.05, 3.63) is 0 Å². The fourth-order valence-corrected chi connectivity index (χ4v) is 2.89. The molecule has 110 valence electrons. The number of likely N-dealkylation sites (tertiary alicyclic amines) is 1. The number of ether oxygens (including phenoxy) is 3. The van der Waals surface area contributed by atoms with E-state index in [9.17, 15) is 9.90 Å². The highest BCUT2D eigenvalue weighted by Gasteiger charge is 2.62. The normalized spacial score (nSPS) is 33.8. The van der Waals surface area contributed by atoms with Crippen LogP contribution < -0.4 is 0 Å². The molecule has 0 radical (unpaired) electrons. The Bertz CT molecular complexity index is 367. The van der Waals surface area contributed by atoms with E-state index in [0.29, 0.717) is 26.2 Å². The second-order valence-corrected chi connectivity index (χ2v) is 6.53. The van der Waals surface area contributed by atoms with Crippen molar-refractivity contribution in [3.8, 4) is 0 Å². The fourth-order valence-electron chi connectivity index (χ4n) is 2.89. The largest absolute Gasteiger partial charge is 0.444 e. The van der Waals surface area contributed by atoms with Crippen molar-refractivity contribution in [3.63, 3.8) is 0 Å². The van der Waals surface area contributed by atoms with Crippen LogP contribution in [0.1, 0.15) is 27.2 Å². The van der Waals surface area contributed by atoms with Gasteiger partial charge in [-0.2, -0.15) is 0 Å². The van der Waals surface area contributed by atoms with E-state index in [-0.39, 0.29) is 12.7 Å². The maximum absolute atomic E-state index is 12.3. The molecule has 0 aliphatic carbocycles. The standard InChI is InChI=1S/C13H23NO5/c1-11(2,3)19-10(16)14-6-13(7-15)5-12(14,8-17-4)9-18-13/h15H,5-9H2,1-4H3. The molecule has 2 rings (SSSR count). The minimum absolute atomic E-state index is 0.0994. The zero-order chi connectivity index (χ0) is 14.3. The van der Waals surface area contributed by atoms with Gasteiger partial charge in [0.1, 0.15) is 11.2 Å². The molecule has 2 saturated heterocycles. The van der Waals surface area contributed by atoms with E-state index in [1.807, 2.05) is 20.8 Å². The molecule has 2 unspecified atom stereocenters. The van der Waals surface area contributed by atoms with Gasteiger partial charge < -0.3 is 19.3 Å². The molecule has 2 bridgehead atoms. The van der Waals surface area contributed by atoms with Gasteiger partial charge >= 0.3 is 6.09 Å². The number of hydrogen-bond acceptors (Lipinski definition) is 5. The van der Waals surface area contributed by atoms with Gasteiger partial charge in [-0.15, -0.1) is 0 Å². The molecule has 0 spiro atoms. The number of carbonyl (C=O) groups is 1. The Morgan fingerprint density at radius 2 is 2.16 bits per heavy atom. The third-order valence-corrected chi connectivity index (χ3v) is 3.63. The predicted octanol–water partition coefficient (Wildman–Crippen LogP) is 0.774. The highest BCUT2D eigenvalue weighted by Crippen LogP contribution is 2.45. The van der Waals surface area contributed by atoms with Gasteiger partial charge in [-0.05, 0) is 20.8 Å². The van der Waals surface area contributed by atoms with E-state index in [2.05, 4.69) is 0 Å². The molecule has 0 aromatic rings. The molecule has 2 fully saturated rings. The first-order valence-electron chi connectivity index (χ1n) is 6.50. The number of aliphatic hydroxyl groups is 1. The summed E-state index contributed by atoms with van der Waals surface area (Å²) < 4.78 is 16.3. The van der Waals surface area contributed by atoms with Gasteiger partial charge in [0.15, 0.2) is 0 Å². The summed E-state index contributed by atoms with van der Waals surface area (Å²) >= 11 is 0. The number of morpholine rings is 1. The Kier molecular flexibility index (Phi) is 3.53. The summed E-state index contributed by atoms with van der Waals surface area (Å²) in [6, 6.07) is 0. The molecule has 19 heavy (non-hydrogen) atoms. The maximum Gasteiger partial charge on any atom is 0.411 e. The lowest BCUT2D eigenvalue weighted by molar-refractivity contribution is -0.0992. The first-order valence-corrected chi connectivity index (χ1v) is 6.50. The lowest BCUT2D eigenvalue weighted by atomic mass is 9.95. The summed E-state index contributed by atoms with van der Waals surface area (Å²) in [5.74, 6) is 0. The number of carbonyl (C=O) groups excluding carboxylic acids is 1. The third-order valence-electron chi connectivity index (χ3n) is 3.63. The summed E-state index contributed by atoms with van der Waals surface area (Å²) in [5, 5.41) is 9.51. The van der Waals surface area contributed by atoms with Crippen LogP contribution in [0.5, 0.6) is 0 Å². The fraction of sp³-hybridized carbons (Fsp3) is 0.923. The minimum Gasteiger partial charge on any atom is -0.444 e. The van der Waals surface area contributed by atoms with Crippen LogP contribution in [0.15, 0.2) is 0 Å². The van der Waals surface area contributed by atoms with Crippen LogP contribution in [0.4, 0.5) is 4.79 Å². The third kappa shape index (κ3) is 2.57. The van der Waals surface area contributed by atoms with Gasteiger partial charge in [0.2, 0.25) is 0 Å². The van der Waals surface area contributed by atoms with Gasteiger partial charge in [0.25, 0.3) is 0 Å². The van der Waals surface area contributed by atoms with E-state index >= 15 is 0 Å². The second kappa shape index (κ2) is 4.61. The number of fused-ring (bicyclic) bond motifs is 2. The highest BCUT2D eigenvalue weighted by atomic mass is 16.6. The van der Waals surface area contributed by atoms with E-state index in [4.69, 9.17) is 14.2 Å². The number of nitrogens with zero attached hydrogens (tertiary/aromatic N) is 1. The quantitative estimate of drug-likeness (QED) is 0.822. The molecule has 6 nitrogen and oxygen atoms in total. The zero-order valence-electron chi connectivity index (χ0n) is 12.1. The molecular formula is C13H23NO5. The first kappa shape index (κ1) is 14.6. The van der Waals surface area contributed by atoms with E-state index < -0.39 is 16.7 Å². The van der Waals surface area contributed by atoms with Crippen LogP contribution in [-0.2, 0) is 14.2 Å². The van der Waals surface area contributed by atoms with Crippen LogP contribution in [0.2, 0.25) is 0 Å². The Morgan fingerprint density at radius 1 is 1.47 bits per heavy atom. The van der Waals surface area contributed by atoms with Gasteiger partial charge in [-0.1, -0.05) is 0 Å². The first-order chi connectivity index (χ1) is 8.76. The Hall–Kier alpha value is -0.850. The number of aliphatic hydroxyl groups excluding tert-OH is 1. The molecule has 0 saturated carbocycles. The van der Waals surface area contributed by atoms with Crippen molar-refractivity contribution in [2.24, 2.45) is 0 Å². The SMILES string of the molecule is COCC12COC(CO)(CN1C(=O)OC(C)(C)C)C2. The van der Waals surface area contributed by atoms with E-state index in [1.54, 1.807) is 12.0 Å². The molecule has 6 heteroatoms. The molecule has 2 heterocycles. The summed E-state index contributed by atoms with van der Waals surface area (Å²) in [7, 11) is 1.60. The molecule has 2 aliphatic heterocycles. The maximum atomic E-state index is 12.3. The predicted molar refractivity (Wildman–Crippen MR) is 67.9 cm³/mol. The van der Waals surface area contributed by atoms with Crippen LogP contribution in [0, 0.1) is 0 Å². The molecular weight excluding hydrogens is 250 g/mol. The van der Waals surface area contributed by atoms with Gasteiger partial charge in [-0.25, -0.2) is 4.79 Å². The van der Waals surface area contributed by atoms with Crippen LogP contribution in [0.25, 0.3) is 0 Å². The second-order valence-electron chi connectivity index (χ2n) is 6.53. The van der Waals surface area contributed by atoms with Crippen LogP contribution in [0.3, 0.4) is 0 Å². The average Bonchev–Trinajstić information content (AvgIpc) is 2.81.